The molecule has 0 radical (unpaired) electrons. The van der Waals surface area contributed by atoms with E-state index >= 15 is 0 Å². The molecule has 8 nitrogen and oxygen atoms in total. The topological polar surface area (TPSA) is 162 Å². The summed E-state index contributed by atoms with van der Waals surface area (Å²) < 4.78 is 0. The first-order valence-corrected chi connectivity index (χ1v) is 14.0. The van der Waals surface area contributed by atoms with Crippen molar-refractivity contribution in [1.82, 2.24) is 10.6 Å². The Labute approximate surface area is 223 Å². The molecule has 214 valence electrons. The standard InChI is InChI=1S/C27H59N6O2P/c1-12-26(10,30)14-17(3)19(28)22(34)32-18(4)13-16(2)21(24(5,6)7)33-23(35)20(29)25(8,9)15-27(11,31)36/h16-21H,12-15,28-31,36H2,1-11H3,(H,32,34)(H,33,35). The molecule has 0 aliphatic carbocycles. The molecule has 9 atom stereocenters. The van der Waals surface area contributed by atoms with Gasteiger partial charge in [0.15, 0.2) is 0 Å². The maximum atomic E-state index is 13.2. The average Bonchev–Trinajstić information content (AvgIpc) is 2.67. The lowest BCUT2D eigenvalue weighted by atomic mass is 9.75. The number of carbonyl (C=O) groups is 2. The Morgan fingerprint density at radius 2 is 1.36 bits per heavy atom. The Bertz CT molecular complexity index is 714. The van der Waals surface area contributed by atoms with E-state index in [-0.39, 0.29) is 46.7 Å². The van der Waals surface area contributed by atoms with Crippen LogP contribution in [0.3, 0.4) is 0 Å². The molecule has 0 heterocycles. The largest absolute Gasteiger partial charge is 0.352 e. The van der Waals surface area contributed by atoms with Crippen LogP contribution in [0.5, 0.6) is 0 Å². The van der Waals surface area contributed by atoms with E-state index in [4.69, 9.17) is 22.9 Å². The van der Waals surface area contributed by atoms with Crippen molar-refractivity contribution >= 4 is 21.1 Å². The maximum Gasteiger partial charge on any atom is 0.237 e. The number of rotatable bonds is 14. The van der Waals surface area contributed by atoms with Crippen LogP contribution in [0.1, 0.15) is 102 Å². The van der Waals surface area contributed by atoms with E-state index in [0.29, 0.717) is 19.3 Å². The van der Waals surface area contributed by atoms with Crippen molar-refractivity contribution in [3.05, 3.63) is 0 Å². The van der Waals surface area contributed by atoms with Gasteiger partial charge in [0.05, 0.1) is 12.1 Å². The molecule has 0 aromatic carbocycles. The van der Waals surface area contributed by atoms with E-state index in [1.54, 1.807) is 0 Å². The number of nitrogens with one attached hydrogen (secondary N) is 2. The van der Waals surface area contributed by atoms with Gasteiger partial charge in [-0.05, 0) is 69.1 Å². The molecule has 0 aromatic heterocycles. The van der Waals surface area contributed by atoms with Gasteiger partial charge in [0.2, 0.25) is 11.8 Å². The molecule has 36 heavy (non-hydrogen) atoms. The summed E-state index contributed by atoms with van der Waals surface area (Å²) in [5.41, 5.74) is 24.1. The van der Waals surface area contributed by atoms with Crippen LogP contribution >= 0.6 is 9.24 Å². The molecule has 9 unspecified atom stereocenters. The Balaban J connectivity index is 5.29. The zero-order valence-corrected chi connectivity index (χ0v) is 26.2. The van der Waals surface area contributed by atoms with Gasteiger partial charge in [0.25, 0.3) is 0 Å². The third-order valence-electron chi connectivity index (χ3n) is 7.39. The lowest BCUT2D eigenvalue weighted by molar-refractivity contribution is -0.127. The summed E-state index contributed by atoms with van der Waals surface area (Å²) in [5, 5.41) is 5.78. The van der Waals surface area contributed by atoms with E-state index in [9.17, 15) is 9.59 Å². The number of hydrogen-bond acceptors (Lipinski definition) is 6. The van der Waals surface area contributed by atoms with Gasteiger partial charge in [-0.3, -0.25) is 9.59 Å². The molecule has 0 aliphatic heterocycles. The molecule has 0 bridgehead atoms. The number of carbonyl (C=O) groups excluding carboxylic acids is 2. The highest BCUT2D eigenvalue weighted by Crippen LogP contribution is 2.34. The second-order valence-corrected chi connectivity index (χ2v) is 15.2. The van der Waals surface area contributed by atoms with Gasteiger partial charge in [-0.15, -0.1) is 9.24 Å². The predicted octanol–water partition coefficient (Wildman–Crippen LogP) is 2.82. The van der Waals surface area contributed by atoms with Crippen LogP contribution in [-0.4, -0.2) is 46.8 Å². The summed E-state index contributed by atoms with van der Waals surface area (Å²) in [7, 11) is 2.62. The van der Waals surface area contributed by atoms with Crippen LogP contribution in [0.2, 0.25) is 0 Å². The Kier molecular flexibility index (Phi) is 13.0. The van der Waals surface area contributed by atoms with E-state index in [1.165, 1.54) is 0 Å². The first-order chi connectivity index (χ1) is 15.9. The lowest BCUT2D eigenvalue weighted by Crippen LogP contribution is -2.58. The number of nitrogens with two attached hydrogens (primary N) is 4. The van der Waals surface area contributed by atoms with Crippen molar-refractivity contribution < 1.29 is 9.59 Å². The zero-order chi connectivity index (χ0) is 28.9. The molecule has 10 N–H and O–H groups in total. The first kappa shape index (κ1) is 35.2. The first-order valence-electron chi connectivity index (χ1n) is 13.4. The second kappa shape index (κ2) is 13.3. The summed E-state index contributed by atoms with van der Waals surface area (Å²) >= 11 is 0. The maximum absolute atomic E-state index is 13.2. The molecule has 0 rings (SSSR count). The molecule has 0 saturated heterocycles. The Morgan fingerprint density at radius 1 is 0.861 bits per heavy atom. The fourth-order valence-electron chi connectivity index (χ4n) is 5.26. The van der Waals surface area contributed by atoms with Gasteiger partial charge in [-0.25, -0.2) is 0 Å². The van der Waals surface area contributed by atoms with Gasteiger partial charge in [-0.2, -0.15) is 0 Å². The van der Waals surface area contributed by atoms with Crippen LogP contribution in [0.15, 0.2) is 0 Å². The summed E-state index contributed by atoms with van der Waals surface area (Å²) in [4.78, 5) is 26.1. The molecule has 2 amide bonds. The highest BCUT2D eigenvalue weighted by atomic mass is 31.0. The van der Waals surface area contributed by atoms with Crippen molar-refractivity contribution in [1.29, 1.82) is 0 Å². The van der Waals surface area contributed by atoms with Crippen molar-refractivity contribution in [2.45, 2.75) is 137 Å². The number of hydrogen-bond donors (Lipinski definition) is 6. The Morgan fingerprint density at radius 3 is 1.78 bits per heavy atom. The van der Waals surface area contributed by atoms with Crippen LogP contribution in [0, 0.1) is 22.7 Å². The minimum atomic E-state index is -0.703. The van der Waals surface area contributed by atoms with Crippen LogP contribution in [-0.2, 0) is 9.59 Å². The summed E-state index contributed by atoms with van der Waals surface area (Å²) in [6.45, 7) is 22.2. The van der Waals surface area contributed by atoms with Crippen molar-refractivity contribution in [2.24, 2.45) is 45.6 Å². The Hall–Kier alpha value is -0.790. The fraction of sp³-hybridized carbons (Fsp3) is 0.926. The molecule has 9 heteroatoms. The minimum Gasteiger partial charge on any atom is -0.352 e. The van der Waals surface area contributed by atoms with E-state index in [2.05, 4.69) is 47.6 Å². The quantitative estimate of drug-likeness (QED) is 0.189. The van der Waals surface area contributed by atoms with E-state index < -0.39 is 22.8 Å². The van der Waals surface area contributed by atoms with E-state index in [0.717, 1.165) is 6.42 Å². The molecule has 0 fully saturated rings. The monoisotopic (exact) mass is 530 g/mol. The third-order valence-corrected chi connectivity index (χ3v) is 7.59. The van der Waals surface area contributed by atoms with Crippen LogP contribution < -0.4 is 33.6 Å². The molecule has 0 aliphatic rings. The van der Waals surface area contributed by atoms with Gasteiger partial charge in [-0.1, -0.05) is 55.4 Å². The molecule has 0 spiro atoms. The zero-order valence-electron chi connectivity index (χ0n) is 25.0. The van der Waals surface area contributed by atoms with Crippen molar-refractivity contribution in [2.75, 3.05) is 0 Å². The lowest BCUT2D eigenvalue weighted by Gasteiger charge is -2.41. The normalized spacial score (nSPS) is 21.2. The minimum absolute atomic E-state index is 0.0343. The molecular formula is C27H59N6O2P. The summed E-state index contributed by atoms with van der Waals surface area (Å²) in [6.07, 6.45) is 2.77. The summed E-state index contributed by atoms with van der Waals surface area (Å²) in [5.74, 6) is -0.305. The predicted molar refractivity (Wildman–Crippen MR) is 156 cm³/mol. The van der Waals surface area contributed by atoms with Gasteiger partial charge < -0.3 is 33.6 Å². The second-order valence-electron chi connectivity index (χ2n) is 13.8. The molecular weight excluding hydrogens is 471 g/mol. The van der Waals surface area contributed by atoms with Crippen molar-refractivity contribution in [3.63, 3.8) is 0 Å². The van der Waals surface area contributed by atoms with Gasteiger partial charge >= 0.3 is 0 Å². The highest BCUT2D eigenvalue weighted by Gasteiger charge is 2.39. The van der Waals surface area contributed by atoms with Crippen LogP contribution in [0.4, 0.5) is 0 Å². The SMILES string of the molecule is CCC(C)(N)CC(C)C(N)C(=O)NC(C)CC(C)C(NC(=O)C(N)C(C)(C)CC(C)(N)P)C(C)(C)C. The molecule has 0 saturated carbocycles. The summed E-state index contributed by atoms with van der Waals surface area (Å²) in [6, 6.07) is -1.57. The highest BCUT2D eigenvalue weighted by molar-refractivity contribution is 7.18. The van der Waals surface area contributed by atoms with E-state index in [1.807, 2.05) is 48.5 Å². The smallest absolute Gasteiger partial charge is 0.237 e. The van der Waals surface area contributed by atoms with Crippen LogP contribution in [0.25, 0.3) is 0 Å². The van der Waals surface area contributed by atoms with Gasteiger partial charge in [0.1, 0.15) is 0 Å². The third kappa shape index (κ3) is 12.2. The van der Waals surface area contributed by atoms with Crippen molar-refractivity contribution in [3.8, 4) is 0 Å². The van der Waals surface area contributed by atoms with Gasteiger partial charge in [0, 0.05) is 22.9 Å². The average molecular weight is 531 g/mol. The fourth-order valence-corrected chi connectivity index (χ4v) is 5.79. The number of amides is 2. The molecule has 0 aromatic rings.